The predicted molar refractivity (Wildman–Crippen MR) is 28.7 cm³/mol. The van der Waals surface area contributed by atoms with Crippen molar-refractivity contribution in [2.45, 2.75) is 0 Å². The minimum Gasteiger partial charge on any atom is -0.244 e. The van der Waals surface area contributed by atoms with Gasteiger partial charge in [0.25, 0.3) is 0 Å². The number of urea groups is 1. The SMILES string of the molecule is O=C1N=CC=NNN1. The van der Waals surface area contributed by atoms with Crippen molar-refractivity contribution < 1.29 is 4.79 Å². The number of rotatable bonds is 0. The molecule has 1 heterocycles. The lowest BCUT2D eigenvalue weighted by Crippen LogP contribution is -2.29. The lowest BCUT2D eigenvalue weighted by atomic mass is 10.8. The third kappa shape index (κ3) is 1.04. The van der Waals surface area contributed by atoms with Crippen LogP contribution in [0.15, 0.2) is 10.1 Å². The number of hydrazone groups is 1. The molecule has 8 heavy (non-hydrogen) atoms. The first-order chi connectivity index (χ1) is 3.89. The Morgan fingerprint density at radius 1 is 1.50 bits per heavy atom. The summed E-state index contributed by atoms with van der Waals surface area (Å²) in [4.78, 5) is 13.6. The Bertz CT molecular complexity index is 149. The van der Waals surface area contributed by atoms with Crippen LogP contribution in [0.4, 0.5) is 4.79 Å². The first-order valence-corrected chi connectivity index (χ1v) is 2.00. The maximum absolute atomic E-state index is 10.2. The minimum atomic E-state index is -0.442. The second-order valence-corrected chi connectivity index (χ2v) is 1.10. The molecule has 0 aromatic rings. The zero-order chi connectivity index (χ0) is 5.82. The largest absolute Gasteiger partial charge is 0.360 e. The van der Waals surface area contributed by atoms with Gasteiger partial charge in [0, 0.05) is 0 Å². The van der Waals surface area contributed by atoms with Gasteiger partial charge < -0.3 is 0 Å². The van der Waals surface area contributed by atoms with E-state index in [1.807, 2.05) is 0 Å². The van der Waals surface area contributed by atoms with E-state index in [9.17, 15) is 4.79 Å². The molecule has 0 saturated carbocycles. The summed E-state index contributed by atoms with van der Waals surface area (Å²) in [6.45, 7) is 0. The van der Waals surface area contributed by atoms with E-state index in [-0.39, 0.29) is 0 Å². The molecule has 1 aliphatic rings. The molecule has 5 heteroatoms. The zero-order valence-electron chi connectivity index (χ0n) is 3.96. The van der Waals surface area contributed by atoms with E-state index in [1.165, 1.54) is 12.4 Å². The van der Waals surface area contributed by atoms with E-state index < -0.39 is 6.03 Å². The Kier molecular flexibility index (Phi) is 1.23. The smallest absolute Gasteiger partial charge is 0.244 e. The number of hydrogen-bond donors (Lipinski definition) is 2. The molecule has 2 N–H and O–H groups in total. The number of amides is 2. The van der Waals surface area contributed by atoms with Gasteiger partial charge >= 0.3 is 6.03 Å². The van der Waals surface area contributed by atoms with E-state index in [2.05, 4.69) is 21.1 Å². The Morgan fingerprint density at radius 3 is 3.25 bits per heavy atom. The van der Waals surface area contributed by atoms with Crippen molar-refractivity contribution in [1.82, 2.24) is 11.0 Å². The van der Waals surface area contributed by atoms with E-state index in [0.717, 1.165) is 0 Å². The number of carbonyl (C=O) groups excluding carboxylic acids is 1. The van der Waals surface area contributed by atoms with Gasteiger partial charge in [0.2, 0.25) is 0 Å². The monoisotopic (exact) mass is 112 g/mol. The van der Waals surface area contributed by atoms with Gasteiger partial charge in [-0.25, -0.2) is 15.8 Å². The Hall–Kier alpha value is -1.39. The summed E-state index contributed by atoms with van der Waals surface area (Å²) >= 11 is 0. The van der Waals surface area contributed by atoms with Crippen molar-refractivity contribution in [3.63, 3.8) is 0 Å². The van der Waals surface area contributed by atoms with E-state index in [1.54, 1.807) is 0 Å². The standard InChI is InChI=1S/C3H4N4O/c8-3-4-1-2-5-7-6-3/h1-2,7H,(H,6,8). The second-order valence-electron chi connectivity index (χ2n) is 1.10. The highest BCUT2D eigenvalue weighted by Crippen LogP contribution is 1.70. The van der Waals surface area contributed by atoms with Crippen LogP contribution >= 0.6 is 0 Å². The molecule has 0 radical (unpaired) electrons. The van der Waals surface area contributed by atoms with Crippen molar-refractivity contribution in [2.75, 3.05) is 0 Å². The first kappa shape index (κ1) is 4.76. The van der Waals surface area contributed by atoms with Gasteiger partial charge in [-0.3, -0.25) is 0 Å². The summed E-state index contributed by atoms with van der Waals surface area (Å²) in [6.07, 6.45) is 2.67. The normalized spacial score (nSPS) is 16.8. The molecule has 0 unspecified atom stereocenters. The molecule has 0 spiro atoms. The van der Waals surface area contributed by atoms with Crippen LogP contribution in [-0.4, -0.2) is 18.5 Å². The van der Waals surface area contributed by atoms with Crippen LogP contribution in [0, 0.1) is 0 Å². The Balaban J connectivity index is 2.58. The molecular weight excluding hydrogens is 108 g/mol. The van der Waals surface area contributed by atoms with Crippen molar-refractivity contribution >= 4 is 18.5 Å². The van der Waals surface area contributed by atoms with Crippen molar-refractivity contribution in [3.8, 4) is 0 Å². The molecule has 0 aromatic carbocycles. The molecule has 5 nitrogen and oxygen atoms in total. The Morgan fingerprint density at radius 2 is 2.38 bits per heavy atom. The van der Waals surface area contributed by atoms with E-state index >= 15 is 0 Å². The molecule has 0 saturated heterocycles. The molecule has 2 amide bonds. The van der Waals surface area contributed by atoms with Crippen molar-refractivity contribution in [2.24, 2.45) is 10.1 Å². The summed E-state index contributed by atoms with van der Waals surface area (Å²) in [5.41, 5.74) is 4.40. The van der Waals surface area contributed by atoms with Crippen LogP contribution < -0.4 is 11.0 Å². The summed E-state index contributed by atoms with van der Waals surface area (Å²) < 4.78 is 0. The number of carbonyl (C=O) groups is 1. The number of nitrogens with one attached hydrogen (secondary N) is 2. The molecule has 0 aliphatic carbocycles. The van der Waals surface area contributed by atoms with Crippen LogP contribution in [0.2, 0.25) is 0 Å². The molecule has 0 aromatic heterocycles. The van der Waals surface area contributed by atoms with Gasteiger partial charge in [-0.15, -0.1) is 0 Å². The first-order valence-electron chi connectivity index (χ1n) is 2.00. The predicted octanol–water partition coefficient (Wildman–Crippen LogP) is -0.729. The number of hydrogen-bond acceptors (Lipinski definition) is 3. The third-order valence-corrected chi connectivity index (χ3v) is 0.560. The summed E-state index contributed by atoms with van der Waals surface area (Å²) in [7, 11) is 0. The molecule has 0 atom stereocenters. The fourth-order valence-corrected chi connectivity index (χ4v) is 0.284. The average Bonchev–Trinajstić information content (AvgIpc) is 1.94. The second kappa shape index (κ2) is 2.06. The van der Waals surface area contributed by atoms with E-state index in [4.69, 9.17) is 0 Å². The highest BCUT2D eigenvalue weighted by atomic mass is 16.2. The molecular formula is C3H4N4O. The van der Waals surface area contributed by atoms with Crippen LogP contribution in [0.3, 0.4) is 0 Å². The van der Waals surface area contributed by atoms with Crippen molar-refractivity contribution in [1.29, 1.82) is 0 Å². The topological polar surface area (TPSA) is 65.8 Å². The maximum atomic E-state index is 10.2. The zero-order valence-corrected chi connectivity index (χ0v) is 3.96. The highest BCUT2D eigenvalue weighted by Gasteiger charge is 1.92. The van der Waals surface area contributed by atoms with E-state index in [0.29, 0.717) is 0 Å². The van der Waals surface area contributed by atoms with Crippen LogP contribution in [0.25, 0.3) is 0 Å². The lowest BCUT2D eigenvalue weighted by Gasteiger charge is -1.92. The highest BCUT2D eigenvalue weighted by molar-refractivity contribution is 6.18. The molecule has 1 rings (SSSR count). The van der Waals surface area contributed by atoms with Gasteiger partial charge in [0.15, 0.2) is 0 Å². The fraction of sp³-hybridized carbons (Fsp3) is 0. The lowest BCUT2D eigenvalue weighted by molar-refractivity contribution is 0.246. The van der Waals surface area contributed by atoms with Crippen LogP contribution in [0.1, 0.15) is 0 Å². The summed E-state index contributed by atoms with van der Waals surface area (Å²) in [5.74, 6) is 0. The quantitative estimate of drug-likeness (QED) is 0.434. The number of nitrogens with zero attached hydrogens (tertiary/aromatic N) is 2. The van der Waals surface area contributed by atoms with Crippen molar-refractivity contribution in [3.05, 3.63) is 0 Å². The van der Waals surface area contributed by atoms with Gasteiger partial charge in [-0.2, -0.15) is 10.1 Å². The minimum absolute atomic E-state index is 0.442. The van der Waals surface area contributed by atoms with Gasteiger partial charge in [-0.05, 0) is 0 Å². The summed E-state index contributed by atoms with van der Waals surface area (Å²) in [5, 5.41) is 3.46. The third-order valence-electron chi connectivity index (χ3n) is 0.560. The number of hydrazine groups is 1. The van der Waals surface area contributed by atoms with Gasteiger partial charge in [0.1, 0.15) is 0 Å². The van der Waals surface area contributed by atoms with Crippen LogP contribution in [0.5, 0.6) is 0 Å². The summed E-state index contributed by atoms with van der Waals surface area (Å²) in [6, 6.07) is -0.442. The van der Waals surface area contributed by atoms with Gasteiger partial charge in [-0.1, -0.05) is 0 Å². The van der Waals surface area contributed by atoms with Gasteiger partial charge in [0.05, 0.1) is 12.4 Å². The molecule has 1 aliphatic heterocycles. The molecule has 0 bridgehead atoms. The molecule has 42 valence electrons. The average molecular weight is 112 g/mol. The fourth-order valence-electron chi connectivity index (χ4n) is 0.284. The molecule has 0 fully saturated rings. The number of aliphatic imine (C=N–C) groups is 1. The maximum Gasteiger partial charge on any atom is 0.360 e. The Labute approximate surface area is 45.5 Å². The van der Waals surface area contributed by atoms with Crippen LogP contribution in [-0.2, 0) is 0 Å².